The quantitative estimate of drug-likeness (QED) is 0.814. The number of hydrogen-bond donors (Lipinski definition) is 2. The van der Waals surface area contributed by atoms with Crippen LogP contribution in [0, 0.1) is 13.8 Å². The third kappa shape index (κ3) is 4.24. The van der Waals surface area contributed by atoms with Crippen LogP contribution in [0.2, 0.25) is 0 Å². The summed E-state index contributed by atoms with van der Waals surface area (Å²) in [5.41, 5.74) is 1.74. The van der Waals surface area contributed by atoms with Crippen molar-refractivity contribution in [2.45, 2.75) is 19.9 Å². The zero-order valence-corrected chi connectivity index (χ0v) is 10.8. The number of hydrogen-bond acceptors (Lipinski definition) is 3. The van der Waals surface area contributed by atoms with E-state index >= 15 is 0 Å². The summed E-state index contributed by atoms with van der Waals surface area (Å²) in [6.45, 7) is 2.16. The minimum atomic E-state index is -1.53. The average molecular weight is 269 g/mol. The van der Waals surface area contributed by atoms with Gasteiger partial charge in [0.15, 0.2) is 12.6 Å². The van der Waals surface area contributed by atoms with Gasteiger partial charge in [0, 0.05) is 0 Å². The summed E-state index contributed by atoms with van der Waals surface area (Å²) in [4.78, 5) is 22.0. The van der Waals surface area contributed by atoms with Gasteiger partial charge >= 0.3 is 5.97 Å². The van der Waals surface area contributed by atoms with Crippen molar-refractivity contribution in [1.29, 1.82) is 0 Å². The normalized spacial score (nSPS) is 11.7. The van der Waals surface area contributed by atoms with Crippen molar-refractivity contribution in [2.24, 2.45) is 0 Å². The highest BCUT2D eigenvalue weighted by molar-refractivity contribution is 5.84. The Morgan fingerprint density at radius 1 is 1.37 bits per heavy atom. The Labute approximate surface area is 110 Å². The number of rotatable bonds is 6. The lowest BCUT2D eigenvalue weighted by molar-refractivity contribution is -0.142. The first kappa shape index (κ1) is 14.9. The van der Waals surface area contributed by atoms with Crippen molar-refractivity contribution < 1.29 is 23.8 Å². The van der Waals surface area contributed by atoms with Crippen LogP contribution in [-0.2, 0) is 9.59 Å². The number of amides is 1. The minimum Gasteiger partial charge on any atom is -0.483 e. The Morgan fingerprint density at radius 2 is 1.95 bits per heavy atom. The van der Waals surface area contributed by atoms with Crippen LogP contribution in [0.1, 0.15) is 11.1 Å². The van der Waals surface area contributed by atoms with Crippen molar-refractivity contribution in [1.82, 2.24) is 5.32 Å². The molecule has 0 saturated carbocycles. The zero-order chi connectivity index (χ0) is 14.4. The predicted molar refractivity (Wildman–Crippen MR) is 67.0 cm³/mol. The van der Waals surface area contributed by atoms with E-state index in [9.17, 15) is 14.0 Å². The van der Waals surface area contributed by atoms with E-state index in [4.69, 9.17) is 9.84 Å². The zero-order valence-electron chi connectivity index (χ0n) is 10.8. The van der Waals surface area contributed by atoms with Crippen LogP contribution >= 0.6 is 0 Å². The molecule has 0 aliphatic heterocycles. The fourth-order valence-corrected chi connectivity index (χ4v) is 1.57. The van der Waals surface area contributed by atoms with Crippen LogP contribution in [0.5, 0.6) is 5.75 Å². The lowest BCUT2D eigenvalue weighted by Gasteiger charge is -2.14. The highest BCUT2D eigenvalue weighted by Gasteiger charge is 2.19. The maximum Gasteiger partial charge on any atom is 0.328 e. The number of para-hydroxylation sites is 1. The van der Waals surface area contributed by atoms with Gasteiger partial charge in [0.25, 0.3) is 5.91 Å². The van der Waals surface area contributed by atoms with Crippen LogP contribution in [0.15, 0.2) is 18.2 Å². The molecule has 2 N–H and O–H groups in total. The molecule has 0 bridgehead atoms. The summed E-state index contributed by atoms with van der Waals surface area (Å²) >= 11 is 0. The van der Waals surface area contributed by atoms with E-state index in [0.717, 1.165) is 11.1 Å². The number of benzene rings is 1. The largest absolute Gasteiger partial charge is 0.483 e. The second kappa shape index (κ2) is 6.72. The minimum absolute atomic E-state index is 0.352. The molecule has 1 aromatic carbocycles. The molecule has 1 atom stereocenters. The van der Waals surface area contributed by atoms with Crippen LogP contribution in [0.25, 0.3) is 0 Å². The maximum atomic E-state index is 12.3. The van der Waals surface area contributed by atoms with Crippen molar-refractivity contribution in [3.8, 4) is 5.75 Å². The molecule has 0 aliphatic rings. The first-order chi connectivity index (χ1) is 8.95. The molecule has 6 heteroatoms. The molecular weight excluding hydrogens is 253 g/mol. The Bertz CT molecular complexity index is 455. The summed E-state index contributed by atoms with van der Waals surface area (Å²) in [6.07, 6.45) is 0. The summed E-state index contributed by atoms with van der Waals surface area (Å²) in [7, 11) is 0. The molecule has 0 heterocycles. The van der Waals surface area contributed by atoms with Gasteiger partial charge in [0.1, 0.15) is 12.4 Å². The molecule has 0 spiro atoms. The molecule has 19 heavy (non-hydrogen) atoms. The molecule has 1 rings (SSSR count). The van der Waals surface area contributed by atoms with Crippen molar-refractivity contribution >= 4 is 11.9 Å². The fourth-order valence-electron chi connectivity index (χ4n) is 1.57. The molecule has 0 saturated heterocycles. The van der Waals surface area contributed by atoms with Crippen LogP contribution in [0.4, 0.5) is 4.39 Å². The van der Waals surface area contributed by atoms with E-state index in [-0.39, 0.29) is 6.61 Å². The van der Waals surface area contributed by atoms with Gasteiger partial charge in [-0.25, -0.2) is 9.18 Å². The van der Waals surface area contributed by atoms with Gasteiger partial charge in [-0.05, 0) is 25.0 Å². The highest BCUT2D eigenvalue weighted by atomic mass is 19.1. The number of carbonyl (C=O) groups is 2. The van der Waals surface area contributed by atoms with Crippen LogP contribution in [-0.4, -0.2) is 36.3 Å². The molecule has 0 aliphatic carbocycles. The summed E-state index contributed by atoms with van der Waals surface area (Å²) in [5.74, 6) is -1.51. The predicted octanol–water partition coefficient (Wildman–Crippen LogP) is 1.22. The van der Waals surface area contributed by atoms with Gasteiger partial charge < -0.3 is 15.2 Å². The SMILES string of the molecule is Cc1cccc(C)c1OCC(=O)NC(CF)C(=O)O. The molecule has 1 unspecified atom stereocenters. The van der Waals surface area contributed by atoms with Crippen molar-refractivity contribution in [3.05, 3.63) is 29.3 Å². The smallest absolute Gasteiger partial charge is 0.328 e. The summed E-state index contributed by atoms with van der Waals surface area (Å²) < 4.78 is 17.7. The van der Waals surface area contributed by atoms with E-state index in [1.807, 2.05) is 37.4 Å². The standard InChI is InChI=1S/C13H16FNO4/c1-8-4-3-5-9(2)12(8)19-7-11(16)15-10(6-14)13(17)18/h3-5,10H,6-7H2,1-2H3,(H,15,16)(H,17,18). The van der Waals surface area contributed by atoms with E-state index in [2.05, 4.69) is 0 Å². The maximum absolute atomic E-state index is 12.3. The number of aliphatic carboxylic acids is 1. The van der Waals surface area contributed by atoms with Crippen LogP contribution in [0.3, 0.4) is 0 Å². The Hall–Kier alpha value is -2.11. The van der Waals surface area contributed by atoms with E-state index in [1.54, 1.807) is 0 Å². The molecule has 5 nitrogen and oxygen atoms in total. The van der Waals surface area contributed by atoms with Gasteiger partial charge in [0.05, 0.1) is 0 Å². The highest BCUT2D eigenvalue weighted by Crippen LogP contribution is 2.21. The number of nitrogens with one attached hydrogen (secondary N) is 1. The van der Waals surface area contributed by atoms with Crippen molar-refractivity contribution in [3.63, 3.8) is 0 Å². The van der Waals surface area contributed by atoms with E-state index < -0.39 is 24.6 Å². The van der Waals surface area contributed by atoms with E-state index in [1.165, 1.54) is 0 Å². The monoisotopic (exact) mass is 269 g/mol. The summed E-state index contributed by atoms with van der Waals surface area (Å²) in [6, 6.07) is 4.00. The van der Waals surface area contributed by atoms with Crippen LogP contribution < -0.4 is 10.1 Å². The number of aryl methyl sites for hydroxylation is 2. The molecule has 104 valence electrons. The lowest BCUT2D eigenvalue weighted by atomic mass is 10.1. The topological polar surface area (TPSA) is 75.6 Å². The first-order valence-corrected chi connectivity index (χ1v) is 5.73. The Morgan fingerprint density at radius 3 is 2.42 bits per heavy atom. The van der Waals surface area contributed by atoms with Crippen molar-refractivity contribution in [2.75, 3.05) is 13.3 Å². The Balaban J connectivity index is 2.57. The van der Waals surface area contributed by atoms with Gasteiger partial charge in [-0.1, -0.05) is 18.2 Å². The third-order valence-electron chi connectivity index (χ3n) is 2.54. The van der Waals surface area contributed by atoms with Gasteiger partial charge in [-0.15, -0.1) is 0 Å². The summed E-state index contributed by atoms with van der Waals surface area (Å²) in [5, 5.41) is 10.6. The van der Waals surface area contributed by atoms with Gasteiger partial charge in [0.2, 0.25) is 0 Å². The second-order valence-electron chi connectivity index (χ2n) is 4.12. The molecular formula is C13H16FNO4. The molecule has 0 aromatic heterocycles. The number of carboxylic acid groups (broad SMARTS) is 1. The lowest BCUT2D eigenvalue weighted by Crippen LogP contribution is -2.44. The van der Waals surface area contributed by atoms with E-state index in [0.29, 0.717) is 5.75 Å². The fraction of sp³-hybridized carbons (Fsp3) is 0.385. The number of ether oxygens (including phenoxy) is 1. The Kier molecular flexibility index (Phi) is 5.29. The first-order valence-electron chi connectivity index (χ1n) is 5.73. The number of carboxylic acids is 1. The molecule has 0 radical (unpaired) electrons. The van der Waals surface area contributed by atoms with Gasteiger partial charge in [-0.2, -0.15) is 0 Å². The number of carbonyl (C=O) groups excluding carboxylic acids is 1. The van der Waals surface area contributed by atoms with Gasteiger partial charge in [-0.3, -0.25) is 4.79 Å². The second-order valence-corrected chi connectivity index (χ2v) is 4.12. The average Bonchev–Trinajstić information content (AvgIpc) is 2.35. The third-order valence-corrected chi connectivity index (χ3v) is 2.54. The molecule has 1 aromatic rings. The molecule has 0 fully saturated rings. The number of alkyl halides is 1. The molecule has 1 amide bonds. The number of halogens is 1.